The Balaban J connectivity index is 1.63. The van der Waals surface area contributed by atoms with Crippen molar-refractivity contribution in [3.05, 3.63) is 58.1 Å². The van der Waals surface area contributed by atoms with Crippen molar-refractivity contribution in [1.29, 1.82) is 0 Å². The predicted molar refractivity (Wildman–Crippen MR) is 170 cm³/mol. The predicted octanol–water partition coefficient (Wildman–Crippen LogP) is 8.67. The molecule has 1 spiro atoms. The summed E-state index contributed by atoms with van der Waals surface area (Å²) in [5.74, 6) is 1.83. The summed E-state index contributed by atoms with van der Waals surface area (Å²) in [5.41, 5.74) is 6.22. The molecular weight excluding hydrogens is 504 g/mol. The van der Waals surface area contributed by atoms with Crippen LogP contribution < -0.4 is 9.47 Å². The summed E-state index contributed by atoms with van der Waals surface area (Å²) < 4.78 is 18.7. The van der Waals surface area contributed by atoms with Crippen LogP contribution in [0.2, 0.25) is 0 Å². The van der Waals surface area contributed by atoms with Gasteiger partial charge in [0.1, 0.15) is 0 Å². The van der Waals surface area contributed by atoms with Gasteiger partial charge in [0.2, 0.25) is 12.1 Å². The molecule has 1 saturated heterocycles. The molecule has 5 rings (SSSR count). The highest BCUT2D eigenvalue weighted by molar-refractivity contribution is 5.84. The summed E-state index contributed by atoms with van der Waals surface area (Å²) in [5, 5.41) is 0. The Hall–Kier alpha value is -2.62. The summed E-state index contributed by atoms with van der Waals surface area (Å²) in [7, 11) is 0. The van der Waals surface area contributed by atoms with E-state index in [9.17, 15) is 0 Å². The minimum Gasteiger partial charge on any atom is -0.341 e. The molecule has 1 unspecified atom stereocenters. The summed E-state index contributed by atoms with van der Waals surface area (Å²) >= 11 is 0. The lowest BCUT2D eigenvalue weighted by molar-refractivity contribution is -0.867. The van der Waals surface area contributed by atoms with Crippen molar-refractivity contribution in [3.8, 4) is 11.5 Å². The average molecular weight is 559 g/mol. The molecule has 3 aliphatic rings. The molecule has 0 saturated carbocycles. The zero-order valence-corrected chi connectivity index (χ0v) is 27.7. The molecule has 1 atom stereocenters. The smallest absolute Gasteiger partial charge is 0.341 e. The van der Waals surface area contributed by atoms with Gasteiger partial charge in [0.05, 0.1) is 11.1 Å². The topological polar surface area (TPSA) is 24.5 Å². The highest BCUT2D eigenvalue weighted by Crippen LogP contribution is 2.47. The molecule has 4 nitrogen and oxygen atoms in total. The molecule has 3 aliphatic heterocycles. The number of unbranched alkanes of at least 4 members (excludes halogenated alkanes) is 2. The summed E-state index contributed by atoms with van der Waals surface area (Å²) in [6.45, 7) is 26.1. The van der Waals surface area contributed by atoms with Gasteiger partial charge >= 0.3 is 6.03 Å². The molecule has 4 heteroatoms. The van der Waals surface area contributed by atoms with Crippen LogP contribution in [0.1, 0.15) is 143 Å². The first kappa shape index (κ1) is 29.9. The molecule has 222 valence electrons. The molecule has 2 aromatic carbocycles. The monoisotopic (exact) mass is 558 g/mol. The Morgan fingerprint density at radius 1 is 0.756 bits per heavy atom. The molecular formula is C37H54N2O2+2. The van der Waals surface area contributed by atoms with E-state index < -0.39 is 6.03 Å². The summed E-state index contributed by atoms with van der Waals surface area (Å²) in [6, 6.07) is 10.5. The fraction of sp³-hybridized carbons (Fsp3) is 0.622. The highest BCUT2D eigenvalue weighted by atomic mass is 16.7. The standard InChI is InChI=1S/C37H54N2O2/c1-12-14-18-36(11,19-15-13-2)28-16-17-31-26(20-28)23-38-25-35(9,10)39-24-27-21-29(33(3,4)5)22-30(34(6,7)8)32(27)41-37(38,39)40-31/h16-17,20-24H,12-15,18-19,25H2,1-11H3/q+2. The van der Waals surface area contributed by atoms with Crippen molar-refractivity contribution < 1.29 is 18.6 Å². The van der Waals surface area contributed by atoms with Gasteiger partial charge in [-0.2, -0.15) is 0 Å². The van der Waals surface area contributed by atoms with Crippen LogP contribution in [0.15, 0.2) is 30.3 Å². The van der Waals surface area contributed by atoms with Crippen LogP contribution in [0.4, 0.5) is 0 Å². The van der Waals surface area contributed by atoms with Crippen LogP contribution in [-0.2, 0) is 16.2 Å². The van der Waals surface area contributed by atoms with Crippen molar-refractivity contribution in [2.24, 2.45) is 0 Å². The van der Waals surface area contributed by atoms with Crippen molar-refractivity contribution in [3.63, 3.8) is 0 Å². The van der Waals surface area contributed by atoms with Gasteiger partial charge in [-0.15, -0.1) is 0 Å². The zero-order chi connectivity index (χ0) is 30.0. The molecule has 3 heterocycles. The average Bonchev–Trinajstić information content (AvgIpc) is 3.10. The van der Waals surface area contributed by atoms with Crippen LogP contribution >= 0.6 is 0 Å². The van der Waals surface area contributed by atoms with Gasteiger partial charge in [0, 0.05) is 19.4 Å². The lowest BCUT2D eigenvalue weighted by Gasteiger charge is -2.34. The third-order valence-corrected chi connectivity index (χ3v) is 9.58. The number of fused-ring (bicyclic) bond motifs is 2. The van der Waals surface area contributed by atoms with Crippen LogP contribution in [0.5, 0.6) is 11.5 Å². The van der Waals surface area contributed by atoms with Crippen LogP contribution in [0.3, 0.4) is 0 Å². The van der Waals surface area contributed by atoms with E-state index in [0.717, 1.165) is 29.2 Å². The van der Waals surface area contributed by atoms with Crippen LogP contribution in [0, 0.1) is 0 Å². The van der Waals surface area contributed by atoms with E-state index in [1.807, 2.05) is 0 Å². The van der Waals surface area contributed by atoms with Gasteiger partial charge in [-0.3, -0.25) is 0 Å². The highest BCUT2D eigenvalue weighted by Gasteiger charge is 2.75. The van der Waals surface area contributed by atoms with Crippen LogP contribution in [0.25, 0.3) is 0 Å². The number of hydrogen-bond acceptors (Lipinski definition) is 2. The normalized spacial score (nSPS) is 21.0. The molecule has 0 N–H and O–H groups in total. The molecule has 0 bridgehead atoms. The second kappa shape index (κ2) is 9.99. The second-order valence-electron chi connectivity index (χ2n) is 15.8. The van der Waals surface area contributed by atoms with Crippen LogP contribution in [-0.4, -0.2) is 39.7 Å². The number of benzene rings is 2. The third kappa shape index (κ3) is 5.14. The van der Waals surface area contributed by atoms with E-state index in [1.165, 1.54) is 55.2 Å². The number of nitrogens with zero attached hydrogens (tertiary/aromatic N) is 2. The number of ether oxygens (including phenoxy) is 2. The van der Waals surface area contributed by atoms with Crippen molar-refractivity contribution >= 4 is 12.4 Å². The van der Waals surface area contributed by atoms with Gasteiger partial charge in [-0.05, 0) is 58.4 Å². The van der Waals surface area contributed by atoms with Crippen molar-refractivity contribution in [1.82, 2.24) is 0 Å². The Kier molecular flexibility index (Phi) is 7.27. The Bertz CT molecular complexity index is 1390. The van der Waals surface area contributed by atoms with Gasteiger partial charge < -0.3 is 9.47 Å². The SMILES string of the molecule is CCCCC(C)(CCCC)c1ccc2c(c1)C=[N+]1CC(C)(C)[N+]3=Cc4cc(C(C)(C)C)cc(C(C)(C)C)c4OC13O2. The lowest BCUT2D eigenvalue weighted by Crippen LogP contribution is -2.61. The molecule has 0 radical (unpaired) electrons. The maximum absolute atomic E-state index is 7.14. The lowest BCUT2D eigenvalue weighted by atomic mass is 9.74. The van der Waals surface area contributed by atoms with Crippen molar-refractivity contribution in [2.75, 3.05) is 6.54 Å². The Morgan fingerprint density at radius 3 is 1.98 bits per heavy atom. The van der Waals surface area contributed by atoms with E-state index >= 15 is 0 Å². The minimum atomic E-state index is -1.04. The Morgan fingerprint density at radius 2 is 1.39 bits per heavy atom. The van der Waals surface area contributed by atoms with Gasteiger partial charge in [-0.25, -0.2) is 0 Å². The largest absolute Gasteiger partial charge is 0.704 e. The van der Waals surface area contributed by atoms with Gasteiger partial charge in [0.15, 0.2) is 23.9 Å². The Labute approximate surface area is 249 Å². The number of hydrogen-bond donors (Lipinski definition) is 0. The first-order valence-corrected chi connectivity index (χ1v) is 16.0. The van der Waals surface area contributed by atoms with Gasteiger partial charge in [0.25, 0.3) is 0 Å². The third-order valence-electron chi connectivity index (χ3n) is 9.58. The van der Waals surface area contributed by atoms with Gasteiger partial charge in [-0.1, -0.05) is 109 Å². The second-order valence-corrected chi connectivity index (χ2v) is 15.8. The van der Waals surface area contributed by atoms with E-state index in [-0.39, 0.29) is 21.8 Å². The zero-order valence-electron chi connectivity index (χ0n) is 27.7. The van der Waals surface area contributed by atoms with E-state index in [1.54, 1.807) is 0 Å². The maximum Gasteiger partial charge on any atom is 0.704 e. The fourth-order valence-electron chi connectivity index (χ4n) is 6.83. The molecule has 0 aliphatic carbocycles. The molecule has 1 fully saturated rings. The molecule has 0 amide bonds. The molecule has 2 aromatic rings. The maximum atomic E-state index is 7.14. The number of rotatable bonds is 7. The summed E-state index contributed by atoms with van der Waals surface area (Å²) in [4.78, 5) is 0. The first-order chi connectivity index (χ1) is 19.0. The van der Waals surface area contributed by atoms with E-state index in [0.29, 0.717) is 0 Å². The van der Waals surface area contributed by atoms with E-state index in [4.69, 9.17) is 9.47 Å². The quantitative estimate of drug-likeness (QED) is 0.318. The van der Waals surface area contributed by atoms with Crippen molar-refractivity contribution in [2.45, 2.75) is 143 Å². The first-order valence-electron chi connectivity index (χ1n) is 16.0. The molecule has 41 heavy (non-hydrogen) atoms. The fourth-order valence-corrected chi connectivity index (χ4v) is 6.83. The molecule has 0 aromatic heterocycles. The summed E-state index contributed by atoms with van der Waals surface area (Å²) in [6.07, 6.45) is 12.0. The van der Waals surface area contributed by atoms with E-state index in [2.05, 4.69) is 128 Å². The minimum absolute atomic E-state index is 0.0408.